The quantitative estimate of drug-likeness (QED) is 0.461. The minimum absolute atomic E-state index is 0.745. The van der Waals surface area contributed by atoms with Crippen molar-refractivity contribution in [3.05, 3.63) is 73.3 Å². The Bertz CT molecular complexity index is 1120. The summed E-state index contributed by atoms with van der Waals surface area (Å²) in [6.07, 6.45) is 11.5. The number of piperidine rings is 1. The van der Waals surface area contributed by atoms with Crippen molar-refractivity contribution in [2.75, 3.05) is 26.2 Å². The maximum atomic E-state index is 6.02. The third-order valence-corrected chi connectivity index (χ3v) is 5.78. The molecule has 0 N–H and O–H groups in total. The first kappa shape index (κ1) is 18.8. The number of hydrogen-bond acceptors (Lipinski definition) is 4. The SMILES string of the molecule is c1cc(-c2cnn(-c3ccc4cc(OCCN5CCCCC5)ccc4c3)c2)ccn1. The van der Waals surface area contributed by atoms with E-state index in [1.165, 1.54) is 43.1 Å². The predicted molar refractivity (Wildman–Crippen MR) is 120 cm³/mol. The molecule has 2 aromatic carbocycles. The highest BCUT2D eigenvalue weighted by atomic mass is 16.5. The summed E-state index contributed by atoms with van der Waals surface area (Å²) in [5.74, 6) is 0.936. The molecule has 1 aliphatic heterocycles. The van der Waals surface area contributed by atoms with Gasteiger partial charge in [-0.05, 0) is 78.7 Å². The fraction of sp³-hybridized carbons (Fsp3) is 0.280. The Morgan fingerprint density at radius 1 is 0.833 bits per heavy atom. The molecule has 5 heteroatoms. The molecule has 1 saturated heterocycles. The van der Waals surface area contributed by atoms with Gasteiger partial charge in [-0.25, -0.2) is 4.68 Å². The second-order valence-electron chi connectivity index (χ2n) is 7.85. The summed E-state index contributed by atoms with van der Waals surface area (Å²) in [7, 11) is 0. The van der Waals surface area contributed by atoms with E-state index in [2.05, 4.69) is 57.6 Å². The van der Waals surface area contributed by atoms with Crippen molar-refractivity contribution in [2.45, 2.75) is 19.3 Å². The van der Waals surface area contributed by atoms with E-state index in [0.717, 1.165) is 35.7 Å². The minimum atomic E-state index is 0.745. The molecule has 152 valence electrons. The third-order valence-electron chi connectivity index (χ3n) is 5.78. The first-order chi connectivity index (χ1) is 14.8. The van der Waals surface area contributed by atoms with Crippen molar-refractivity contribution in [2.24, 2.45) is 0 Å². The van der Waals surface area contributed by atoms with Gasteiger partial charge in [-0.2, -0.15) is 5.10 Å². The van der Waals surface area contributed by atoms with Gasteiger partial charge in [0.25, 0.3) is 0 Å². The molecule has 2 aromatic heterocycles. The number of benzene rings is 2. The number of aromatic nitrogens is 3. The lowest BCUT2D eigenvalue weighted by Gasteiger charge is -2.26. The van der Waals surface area contributed by atoms with Crippen LogP contribution >= 0.6 is 0 Å². The number of ether oxygens (including phenoxy) is 1. The molecule has 0 atom stereocenters. The second kappa shape index (κ2) is 8.67. The van der Waals surface area contributed by atoms with Crippen LogP contribution in [0.25, 0.3) is 27.6 Å². The Kier molecular flexibility index (Phi) is 5.44. The minimum Gasteiger partial charge on any atom is -0.492 e. The zero-order valence-electron chi connectivity index (χ0n) is 17.1. The highest BCUT2D eigenvalue weighted by molar-refractivity contribution is 5.85. The largest absolute Gasteiger partial charge is 0.492 e. The molecule has 1 fully saturated rings. The summed E-state index contributed by atoms with van der Waals surface area (Å²) in [6.45, 7) is 4.17. The molecule has 0 aliphatic carbocycles. The van der Waals surface area contributed by atoms with Crippen LogP contribution in [0.15, 0.2) is 73.3 Å². The fourth-order valence-electron chi connectivity index (χ4n) is 4.08. The van der Waals surface area contributed by atoms with Crippen LogP contribution in [-0.4, -0.2) is 45.9 Å². The first-order valence-electron chi connectivity index (χ1n) is 10.7. The van der Waals surface area contributed by atoms with Crippen molar-refractivity contribution < 1.29 is 4.74 Å². The van der Waals surface area contributed by atoms with E-state index >= 15 is 0 Å². The lowest BCUT2D eigenvalue weighted by molar-refractivity contribution is 0.183. The molecule has 0 unspecified atom stereocenters. The highest BCUT2D eigenvalue weighted by Crippen LogP contribution is 2.25. The Labute approximate surface area is 176 Å². The summed E-state index contributed by atoms with van der Waals surface area (Å²) >= 11 is 0. The van der Waals surface area contributed by atoms with Crippen LogP contribution in [-0.2, 0) is 0 Å². The number of likely N-dealkylation sites (tertiary alicyclic amines) is 1. The van der Waals surface area contributed by atoms with E-state index in [1.54, 1.807) is 12.4 Å². The number of rotatable bonds is 6. The Morgan fingerprint density at radius 2 is 1.63 bits per heavy atom. The highest BCUT2D eigenvalue weighted by Gasteiger charge is 2.10. The summed E-state index contributed by atoms with van der Waals surface area (Å²) in [5, 5.41) is 6.89. The molecule has 4 aromatic rings. The van der Waals surface area contributed by atoms with Crippen LogP contribution < -0.4 is 4.74 Å². The van der Waals surface area contributed by atoms with Gasteiger partial charge in [0, 0.05) is 30.7 Å². The summed E-state index contributed by atoms with van der Waals surface area (Å²) in [6, 6.07) is 16.7. The third kappa shape index (κ3) is 4.21. The molecular formula is C25H26N4O. The van der Waals surface area contributed by atoms with E-state index < -0.39 is 0 Å². The van der Waals surface area contributed by atoms with E-state index in [1.807, 2.05) is 23.0 Å². The van der Waals surface area contributed by atoms with Gasteiger partial charge < -0.3 is 4.74 Å². The molecule has 0 bridgehead atoms. The molecule has 0 amide bonds. The van der Waals surface area contributed by atoms with Gasteiger partial charge >= 0.3 is 0 Å². The Hall–Kier alpha value is -3.18. The monoisotopic (exact) mass is 398 g/mol. The number of nitrogens with zero attached hydrogens (tertiary/aromatic N) is 4. The van der Waals surface area contributed by atoms with E-state index in [4.69, 9.17) is 4.74 Å². The maximum absolute atomic E-state index is 6.02. The first-order valence-corrected chi connectivity index (χ1v) is 10.7. The van der Waals surface area contributed by atoms with E-state index in [9.17, 15) is 0 Å². The van der Waals surface area contributed by atoms with Gasteiger partial charge in [-0.3, -0.25) is 9.88 Å². The van der Waals surface area contributed by atoms with E-state index in [-0.39, 0.29) is 0 Å². The summed E-state index contributed by atoms with van der Waals surface area (Å²) < 4.78 is 7.93. The number of pyridine rings is 1. The maximum Gasteiger partial charge on any atom is 0.120 e. The van der Waals surface area contributed by atoms with Crippen LogP contribution in [0.4, 0.5) is 0 Å². The van der Waals surface area contributed by atoms with Crippen molar-refractivity contribution in [3.63, 3.8) is 0 Å². The molecule has 0 spiro atoms. The summed E-state index contributed by atoms with van der Waals surface area (Å²) in [4.78, 5) is 6.58. The van der Waals surface area contributed by atoms with Crippen LogP contribution in [0.3, 0.4) is 0 Å². The average molecular weight is 399 g/mol. The van der Waals surface area contributed by atoms with Crippen molar-refractivity contribution in [1.29, 1.82) is 0 Å². The van der Waals surface area contributed by atoms with Gasteiger partial charge in [-0.1, -0.05) is 18.6 Å². The van der Waals surface area contributed by atoms with Crippen molar-refractivity contribution in [3.8, 4) is 22.6 Å². The number of hydrogen-bond donors (Lipinski definition) is 0. The molecule has 3 heterocycles. The zero-order valence-corrected chi connectivity index (χ0v) is 17.1. The molecular weight excluding hydrogens is 372 g/mol. The van der Waals surface area contributed by atoms with Crippen LogP contribution in [0, 0.1) is 0 Å². The Morgan fingerprint density at radius 3 is 2.50 bits per heavy atom. The zero-order chi connectivity index (χ0) is 20.2. The molecule has 0 radical (unpaired) electrons. The topological polar surface area (TPSA) is 43.2 Å². The molecule has 30 heavy (non-hydrogen) atoms. The van der Waals surface area contributed by atoms with Gasteiger partial charge in [0.05, 0.1) is 11.9 Å². The van der Waals surface area contributed by atoms with Crippen LogP contribution in [0.1, 0.15) is 19.3 Å². The lowest BCUT2D eigenvalue weighted by atomic mass is 10.1. The van der Waals surface area contributed by atoms with Crippen molar-refractivity contribution >= 4 is 10.8 Å². The molecule has 5 nitrogen and oxygen atoms in total. The van der Waals surface area contributed by atoms with Gasteiger partial charge in [0.15, 0.2) is 0 Å². The van der Waals surface area contributed by atoms with Crippen molar-refractivity contribution in [1.82, 2.24) is 19.7 Å². The van der Waals surface area contributed by atoms with Gasteiger partial charge in [0.1, 0.15) is 12.4 Å². The average Bonchev–Trinajstić information content (AvgIpc) is 3.30. The second-order valence-corrected chi connectivity index (χ2v) is 7.85. The smallest absolute Gasteiger partial charge is 0.120 e. The Balaban J connectivity index is 1.28. The normalized spacial score (nSPS) is 14.8. The van der Waals surface area contributed by atoms with Gasteiger partial charge in [0.2, 0.25) is 0 Å². The fourth-order valence-corrected chi connectivity index (χ4v) is 4.08. The lowest BCUT2D eigenvalue weighted by Crippen LogP contribution is -2.33. The van der Waals surface area contributed by atoms with Gasteiger partial charge in [-0.15, -0.1) is 0 Å². The van der Waals surface area contributed by atoms with Crippen LogP contribution in [0.5, 0.6) is 5.75 Å². The number of fused-ring (bicyclic) bond motifs is 1. The predicted octanol–water partition coefficient (Wildman–Crippen LogP) is 4.95. The standard InChI is InChI=1S/C25H26N4O/c1-2-12-28(13-3-1)14-15-30-25-7-5-21-16-24(6-4-22(21)17-25)29-19-23(18-27-29)20-8-10-26-11-9-20/h4-11,16-19H,1-3,12-15H2. The molecule has 5 rings (SSSR count). The van der Waals surface area contributed by atoms with E-state index in [0.29, 0.717) is 0 Å². The molecule has 1 aliphatic rings. The summed E-state index contributed by atoms with van der Waals surface area (Å²) in [5.41, 5.74) is 3.24. The molecule has 0 saturated carbocycles. The van der Waals surface area contributed by atoms with Crippen LogP contribution in [0.2, 0.25) is 0 Å².